The minimum absolute atomic E-state index is 0.121. The maximum Gasteiger partial charge on any atom is 0.162 e. The fourth-order valence-electron chi connectivity index (χ4n) is 6.11. The highest BCUT2D eigenvalue weighted by molar-refractivity contribution is 6.30. The lowest BCUT2D eigenvalue weighted by Crippen LogP contribution is -2.43. The number of benzene rings is 2. The van der Waals surface area contributed by atoms with Gasteiger partial charge < -0.3 is 9.64 Å². The van der Waals surface area contributed by atoms with Gasteiger partial charge >= 0.3 is 0 Å². The second-order valence-corrected chi connectivity index (χ2v) is 12.5. The molecule has 0 amide bonds. The highest BCUT2D eigenvalue weighted by atomic mass is 35.5. The van der Waals surface area contributed by atoms with Crippen LogP contribution in [0, 0.1) is 10.8 Å². The minimum atomic E-state index is -0.408. The molecule has 5 rings (SSSR count). The number of ether oxygens (including phenoxy) is 1. The van der Waals surface area contributed by atoms with Gasteiger partial charge in [0.1, 0.15) is 12.4 Å². The normalized spacial score (nSPS) is 21.4. The van der Waals surface area contributed by atoms with Gasteiger partial charge in [-0.05, 0) is 47.4 Å². The molecule has 5 heteroatoms. The lowest BCUT2D eigenvalue weighted by atomic mass is 9.63. The number of halogens is 1. The van der Waals surface area contributed by atoms with Crippen LogP contribution in [0.5, 0.6) is 5.75 Å². The molecule has 2 aromatic rings. The van der Waals surface area contributed by atoms with Crippen molar-refractivity contribution in [2.75, 3.05) is 7.05 Å². The van der Waals surface area contributed by atoms with E-state index in [0.717, 1.165) is 46.5 Å². The van der Waals surface area contributed by atoms with Crippen molar-refractivity contribution in [3.8, 4) is 5.75 Å². The first-order valence-corrected chi connectivity index (χ1v) is 13.1. The summed E-state index contributed by atoms with van der Waals surface area (Å²) in [4.78, 5) is 29.6. The third-order valence-corrected chi connectivity index (χ3v) is 7.93. The van der Waals surface area contributed by atoms with Crippen LogP contribution < -0.4 is 4.74 Å². The smallest absolute Gasteiger partial charge is 0.162 e. The fourth-order valence-corrected chi connectivity index (χ4v) is 6.33. The van der Waals surface area contributed by atoms with Gasteiger partial charge in [-0.1, -0.05) is 69.6 Å². The second kappa shape index (κ2) is 8.92. The van der Waals surface area contributed by atoms with Crippen LogP contribution >= 0.6 is 11.6 Å². The van der Waals surface area contributed by atoms with E-state index in [4.69, 9.17) is 16.3 Å². The molecule has 0 saturated carbocycles. The molecule has 0 atom stereocenters. The summed E-state index contributed by atoms with van der Waals surface area (Å²) in [6.45, 7) is 8.96. The second-order valence-electron chi connectivity index (χ2n) is 12.1. The monoisotopic (exact) mass is 503 g/mol. The number of carbonyl (C=O) groups is 2. The van der Waals surface area contributed by atoms with E-state index in [1.807, 2.05) is 55.6 Å². The van der Waals surface area contributed by atoms with Gasteiger partial charge in [-0.25, -0.2) is 0 Å². The first kappa shape index (κ1) is 24.8. The number of Topliss-reactive ketones (excluding diaryl/α,β-unsaturated/α-hetero) is 2. The SMILES string of the molecule is CN1C2=C(C(=O)CC(C)(C)C2)C(c2ccccc2OCc2cccc(Cl)c2)C2=C1CC(C)(C)CC2=O. The Labute approximate surface area is 219 Å². The van der Waals surface area contributed by atoms with Crippen LogP contribution in [0.15, 0.2) is 71.1 Å². The van der Waals surface area contributed by atoms with E-state index in [2.05, 4.69) is 32.6 Å². The Kier molecular flexibility index (Phi) is 6.15. The molecular formula is C31H34ClNO3. The lowest BCUT2D eigenvalue weighted by molar-refractivity contribution is -0.119. The number of hydrogen-bond donors (Lipinski definition) is 0. The molecule has 2 aromatic carbocycles. The fraction of sp³-hybridized carbons (Fsp3) is 0.419. The average molecular weight is 504 g/mol. The predicted octanol–water partition coefficient (Wildman–Crippen LogP) is 7.23. The highest BCUT2D eigenvalue weighted by Gasteiger charge is 2.48. The summed E-state index contributed by atoms with van der Waals surface area (Å²) in [5.74, 6) is 0.550. The van der Waals surface area contributed by atoms with E-state index in [-0.39, 0.29) is 22.4 Å². The van der Waals surface area contributed by atoms with Crippen molar-refractivity contribution < 1.29 is 14.3 Å². The van der Waals surface area contributed by atoms with Crippen LogP contribution in [0.3, 0.4) is 0 Å². The molecule has 1 heterocycles. The van der Waals surface area contributed by atoms with Crippen molar-refractivity contribution >= 4 is 23.2 Å². The molecule has 0 bridgehead atoms. The lowest BCUT2D eigenvalue weighted by Gasteiger charge is -2.48. The number of nitrogens with zero attached hydrogens (tertiary/aromatic N) is 1. The molecule has 0 unspecified atom stereocenters. The number of allylic oxidation sites excluding steroid dienone is 4. The molecule has 4 nitrogen and oxygen atoms in total. The summed E-state index contributed by atoms with van der Waals surface area (Å²) in [6, 6.07) is 15.5. The van der Waals surface area contributed by atoms with Crippen molar-refractivity contribution in [2.45, 2.75) is 65.9 Å². The quantitative estimate of drug-likeness (QED) is 0.441. The van der Waals surface area contributed by atoms with Crippen molar-refractivity contribution in [1.82, 2.24) is 4.90 Å². The molecular weight excluding hydrogens is 470 g/mol. The molecule has 1 aliphatic heterocycles. The predicted molar refractivity (Wildman–Crippen MR) is 143 cm³/mol. The first-order valence-electron chi connectivity index (χ1n) is 12.7. The molecule has 2 aliphatic carbocycles. The molecule has 36 heavy (non-hydrogen) atoms. The molecule has 0 fully saturated rings. The molecule has 0 radical (unpaired) electrons. The van der Waals surface area contributed by atoms with Crippen molar-refractivity contribution in [3.63, 3.8) is 0 Å². The van der Waals surface area contributed by atoms with Gasteiger partial charge in [0.2, 0.25) is 0 Å². The standard InChI is InChI=1S/C31H34ClNO3/c1-30(2)14-22-28(24(34)16-30)27(29-23(33(22)5)15-31(3,4)17-25(29)35)21-11-6-7-12-26(21)36-18-19-9-8-10-20(32)13-19/h6-13,27H,14-18H2,1-5H3. The highest BCUT2D eigenvalue weighted by Crippen LogP contribution is 2.55. The number of carbonyl (C=O) groups excluding carboxylic acids is 2. The average Bonchev–Trinajstić information content (AvgIpc) is 2.78. The summed E-state index contributed by atoms with van der Waals surface area (Å²) in [6.07, 6.45) is 2.56. The molecule has 188 valence electrons. The number of hydrogen-bond acceptors (Lipinski definition) is 4. The summed E-state index contributed by atoms with van der Waals surface area (Å²) < 4.78 is 6.33. The van der Waals surface area contributed by atoms with Gasteiger partial charge in [0.15, 0.2) is 11.6 Å². The molecule has 0 spiro atoms. The van der Waals surface area contributed by atoms with Crippen molar-refractivity contribution in [2.24, 2.45) is 10.8 Å². The Bertz CT molecular complexity index is 1260. The van der Waals surface area contributed by atoms with Crippen LogP contribution in [0.25, 0.3) is 0 Å². The Morgan fingerprint density at radius 2 is 1.44 bits per heavy atom. The third-order valence-electron chi connectivity index (χ3n) is 7.69. The van der Waals surface area contributed by atoms with Crippen molar-refractivity contribution in [3.05, 3.63) is 87.2 Å². The summed E-state index contributed by atoms with van der Waals surface area (Å²) in [5.41, 5.74) is 5.24. The van der Waals surface area contributed by atoms with Crippen LogP contribution in [-0.4, -0.2) is 23.5 Å². The molecule has 0 saturated heterocycles. The van der Waals surface area contributed by atoms with Crippen LogP contribution in [-0.2, 0) is 16.2 Å². The maximum atomic E-state index is 13.7. The minimum Gasteiger partial charge on any atom is -0.489 e. The van der Waals surface area contributed by atoms with E-state index in [9.17, 15) is 9.59 Å². The van der Waals surface area contributed by atoms with Gasteiger partial charge in [0.25, 0.3) is 0 Å². The molecule has 3 aliphatic rings. The van der Waals surface area contributed by atoms with Crippen LogP contribution in [0.1, 0.15) is 70.4 Å². The van der Waals surface area contributed by atoms with E-state index in [1.54, 1.807) is 0 Å². The number of para-hydroxylation sites is 1. The van der Waals surface area contributed by atoms with E-state index in [1.165, 1.54) is 0 Å². The van der Waals surface area contributed by atoms with Gasteiger partial charge in [-0.2, -0.15) is 0 Å². The zero-order chi connectivity index (χ0) is 25.8. The Hall–Kier alpha value is -2.85. The van der Waals surface area contributed by atoms with Crippen LogP contribution in [0.4, 0.5) is 0 Å². The van der Waals surface area contributed by atoms with Gasteiger partial charge in [-0.15, -0.1) is 0 Å². The third kappa shape index (κ3) is 4.52. The summed E-state index contributed by atoms with van der Waals surface area (Å²) in [7, 11) is 2.03. The van der Waals surface area contributed by atoms with Gasteiger partial charge in [0, 0.05) is 58.9 Å². The van der Waals surface area contributed by atoms with Gasteiger partial charge in [0.05, 0.1) is 0 Å². The largest absolute Gasteiger partial charge is 0.489 e. The van der Waals surface area contributed by atoms with E-state index < -0.39 is 5.92 Å². The number of rotatable bonds is 4. The zero-order valence-corrected chi connectivity index (χ0v) is 22.5. The molecule has 0 aromatic heterocycles. The Balaban J connectivity index is 1.65. The Morgan fingerprint density at radius 3 is 2.03 bits per heavy atom. The van der Waals surface area contributed by atoms with Crippen LogP contribution in [0.2, 0.25) is 5.02 Å². The van der Waals surface area contributed by atoms with Crippen molar-refractivity contribution in [1.29, 1.82) is 0 Å². The summed E-state index contributed by atoms with van der Waals surface area (Å²) in [5, 5.41) is 0.662. The molecule has 0 N–H and O–H groups in total. The van der Waals surface area contributed by atoms with E-state index >= 15 is 0 Å². The Morgan fingerprint density at radius 1 is 0.861 bits per heavy atom. The zero-order valence-electron chi connectivity index (χ0n) is 21.8. The maximum absolute atomic E-state index is 13.7. The first-order chi connectivity index (χ1) is 17.0. The summed E-state index contributed by atoms with van der Waals surface area (Å²) >= 11 is 6.18. The number of ketones is 2. The van der Waals surface area contributed by atoms with Gasteiger partial charge in [-0.3, -0.25) is 9.59 Å². The topological polar surface area (TPSA) is 46.6 Å². The van der Waals surface area contributed by atoms with E-state index in [0.29, 0.717) is 30.2 Å².